The Morgan fingerprint density at radius 2 is 2.10 bits per heavy atom. The average Bonchev–Trinajstić information content (AvgIpc) is 2.98. The van der Waals surface area contributed by atoms with Gasteiger partial charge in [-0.1, -0.05) is 19.3 Å². The van der Waals surface area contributed by atoms with E-state index >= 15 is 0 Å². The molecule has 0 bridgehead atoms. The van der Waals surface area contributed by atoms with Gasteiger partial charge in [-0.3, -0.25) is 4.79 Å². The SMILES string of the molecule is C[C@H](NC(=O)NC1CCCCC1)C(=O)NCc1ccco1. The Balaban J connectivity index is 1.68. The molecular weight excluding hydrogens is 270 g/mol. The first-order valence-electron chi connectivity index (χ1n) is 7.52. The molecular formula is C15H23N3O3. The highest BCUT2D eigenvalue weighted by Gasteiger charge is 2.19. The molecule has 1 heterocycles. The Hall–Kier alpha value is -1.98. The van der Waals surface area contributed by atoms with Crippen molar-refractivity contribution in [1.82, 2.24) is 16.0 Å². The van der Waals surface area contributed by atoms with Gasteiger partial charge < -0.3 is 20.4 Å². The number of urea groups is 1. The van der Waals surface area contributed by atoms with Crippen molar-refractivity contribution < 1.29 is 14.0 Å². The topological polar surface area (TPSA) is 83.4 Å². The Labute approximate surface area is 124 Å². The van der Waals surface area contributed by atoms with Crippen molar-refractivity contribution in [2.45, 2.75) is 57.7 Å². The number of nitrogens with one attached hydrogen (secondary N) is 3. The Kier molecular flexibility index (Phi) is 5.66. The van der Waals surface area contributed by atoms with Crippen LogP contribution in [0, 0.1) is 0 Å². The summed E-state index contributed by atoms with van der Waals surface area (Å²) in [5.41, 5.74) is 0. The van der Waals surface area contributed by atoms with E-state index in [-0.39, 0.29) is 18.0 Å². The molecule has 3 amide bonds. The molecule has 1 fully saturated rings. The van der Waals surface area contributed by atoms with E-state index in [1.165, 1.54) is 6.42 Å². The second-order valence-electron chi connectivity index (χ2n) is 5.47. The summed E-state index contributed by atoms with van der Waals surface area (Å²) >= 11 is 0. The molecule has 1 aromatic rings. The van der Waals surface area contributed by atoms with Crippen LogP contribution >= 0.6 is 0 Å². The molecule has 1 saturated carbocycles. The van der Waals surface area contributed by atoms with E-state index in [1.54, 1.807) is 25.3 Å². The van der Waals surface area contributed by atoms with Crippen LogP contribution in [0.5, 0.6) is 0 Å². The second-order valence-corrected chi connectivity index (χ2v) is 5.47. The summed E-state index contributed by atoms with van der Waals surface area (Å²) in [7, 11) is 0. The van der Waals surface area contributed by atoms with Gasteiger partial charge in [0.2, 0.25) is 5.91 Å². The molecule has 0 aromatic carbocycles. The van der Waals surface area contributed by atoms with Gasteiger partial charge in [-0.05, 0) is 31.9 Å². The van der Waals surface area contributed by atoms with E-state index in [4.69, 9.17) is 4.42 Å². The van der Waals surface area contributed by atoms with Crippen molar-refractivity contribution in [3.8, 4) is 0 Å². The first-order chi connectivity index (χ1) is 10.1. The van der Waals surface area contributed by atoms with E-state index in [1.807, 2.05) is 0 Å². The van der Waals surface area contributed by atoms with Crippen LogP contribution in [0.3, 0.4) is 0 Å². The molecule has 0 spiro atoms. The Morgan fingerprint density at radius 3 is 2.76 bits per heavy atom. The fourth-order valence-electron chi connectivity index (χ4n) is 2.48. The average molecular weight is 293 g/mol. The van der Waals surface area contributed by atoms with Crippen molar-refractivity contribution >= 4 is 11.9 Å². The largest absolute Gasteiger partial charge is 0.467 e. The highest BCUT2D eigenvalue weighted by molar-refractivity contribution is 5.86. The summed E-state index contributed by atoms with van der Waals surface area (Å²) in [4.78, 5) is 23.7. The second kappa shape index (κ2) is 7.71. The van der Waals surface area contributed by atoms with E-state index in [0.29, 0.717) is 12.3 Å². The Bertz CT molecular complexity index is 453. The monoisotopic (exact) mass is 293 g/mol. The van der Waals surface area contributed by atoms with Crippen LogP contribution in [0.4, 0.5) is 4.79 Å². The van der Waals surface area contributed by atoms with Crippen LogP contribution < -0.4 is 16.0 Å². The highest BCUT2D eigenvalue weighted by Crippen LogP contribution is 2.17. The van der Waals surface area contributed by atoms with Gasteiger partial charge in [0, 0.05) is 6.04 Å². The lowest BCUT2D eigenvalue weighted by Gasteiger charge is -2.23. The van der Waals surface area contributed by atoms with E-state index in [9.17, 15) is 9.59 Å². The van der Waals surface area contributed by atoms with E-state index < -0.39 is 6.04 Å². The molecule has 1 aliphatic rings. The van der Waals surface area contributed by atoms with Gasteiger partial charge >= 0.3 is 6.03 Å². The van der Waals surface area contributed by atoms with E-state index in [2.05, 4.69) is 16.0 Å². The predicted molar refractivity (Wildman–Crippen MR) is 78.6 cm³/mol. The molecule has 1 aromatic heterocycles. The summed E-state index contributed by atoms with van der Waals surface area (Å²) in [5.74, 6) is 0.451. The highest BCUT2D eigenvalue weighted by atomic mass is 16.3. The number of hydrogen-bond acceptors (Lipinski definition) is 3. The van der Waals surface area contributed by atoms with Crippen molar-refractivity contribution in [2.75, 3.05) is 0 Å². The molecule has 0 unspecified atom stereocenters. The minimum atomic E-state index is -0.580. The molecule has 2 rings (SSSR count). The predicted octanol–water partition coefficient (Wildman–Crippen LogP) is 1.92. The normalized spacial score (nSPS) is 17.0. The number of amides is 3. The van der Waals surface area contributed by atoms with Gasteiger partial charge in [-0.2, -0.15) is 0 Å². The quantitative estimate of drug-likeness (QED) is 0.775. The van der Waals surface area contributed by atoms with Crippen LogP contribution in [0.15, 0.2) is 22.8 Å². The minimum Gasteiger partial charge on any atom is -0.467 e. The van der Waals surface area contributed by atoms with Gasteiger partial charge in [-0.25, -0.2) is 4.79 Å². The first kappa shape index (κ1) is 15.4. The first-order valence-corrected chi connectivity index (χ1v) is 7.52. The standard InChI is InChI=1S/C15H23N3O3/c1-11(14(19)16-10-13-8-5-9-21-13)17-15(20)18-12-6-3-2-4-7-12/h5,8-9,11-12H,2-4,6-7,10H2,1H3,(H,16,19)(H2,17,18,20)/t11-/m0/s1. The molecule has 6 nitrogen and oxygen atoms in total. The van der Waals surface area contributed by atoms with Crippen molar-refractivity contribution in [3.63, 3.8) is 0 Å². The molecule has 1 aliphatic carbocycles. The van der Waals surface area contributed by atoms with Crippen molar-refractivity contribution in [1.29, 1.82) is 0 Å². The lowest BCUT2D eigenvalue weighted by Crippen LogP contribution is -2.50. The molecule has 116 valence electrons. The zero-order chi connectivity index (χ0) is 15.1. The maximum atomic E-state index is 11.9. The van der Waals surface area contributed by atoms with Crippen LogP contribution in [0.25, 0.3) is 0 Å². The molecule has 6 heteroatoms. The van der Waals surface area contributed by atoms with Gasteiger partial charge in [-0.15, -0.1) is 0 Å². The Morgan fingerprint density at radius 1 is 1.33 bits per heavy atom. The molecule has 3 N–H and O–H groups in total. The minimum absolute atomic E-state index is 0.231. The zero-order valence-electron chi connectivity index (χ0n) is 12.4. The van der Waals surface area contributed by atoms with Crippen LogP contribution in [0.2, 0.25) is 0 Å². The fourth-order valence-corrected chi connectivity index (χ4v) is 2.48. The number of furan rings is 1. The van der Waals surface area contributed by atoms with Crippen molar-refractivity contribution in [2.24, 2.45) is 0 Å². The molecule has 0 saturated heterocycles. The summed E-state index contributed by atoms with van der Waals surface area (Å²) < 4.78 is 5.13. The van der Waals surface area contributed by atoms with E-state index in [0.717, 1.165) is 25.7 Å². The maximum Gasteiger partial charge on any atom is 0.315 e. The van der Waals surface area contributed by atoms with Gasteiger partial charge in [0.1, 0.15) is 11.8 Å². The molecule has 0 aliphatic heterocycles. The van der Waals surface area contributed by atoms with Crippen LogP contribution in [0.1, 0.15) is 44.8 Å². The molecule has 1 atom stereocenters. The van der Waals surface area contributed by atoms with Crippen LogP contribution in [-0.2, 0) is 11.3 Å². The maximum absolute atomic E-state index is 11.9. The fraction of sp³-hybridized carbons (Fsp3) is 0.600. The third-order valence-electron chi connectivity index (χ3n) is 3.70. The van der Waals surface area contributed by atoms with Gasteiger partial charge in [0.25, 0.3) is 0 Å². The number of carbonyl (C=O) groups excluding carboxylic acids is 2. The summed E-state index contributed by atoms with van der Waals surface area (Å²) in [6, 6.07) is 2.93. The van der Waals surface area contributed by atoms with Gasteiger partial charge in [0.05, 0.1) is 12.8 Å². The zero-order valence-corrected chi connectivity index (χ0v) is 12.4. The van der Waals surface area contributed by atoms with Crippen molar-refractivity contribution in [3.05, 3.63) is 24.2 Å². The molecule has 21 heavy (non-hydrogen) atoms. The van der Waals surface area contributed by atoms with Crippen LogP contribution in [-0.4, -0.2) is 24.0 Å². The van der Waals surface area contributed by atoms with Gasteiger partial charge in [0.15, 0.2) is 0 Å². The third kappa shape index (κ3) is 5.13. The lowest BCUT2D eigenvalue weighted by molar-refractivity contribution is -0.122. The smallest absolute Gasteiger partial charge is 0.315 e. The number of rotatable bonds is 5. The summed E-state index contributed by atoms with van der Waals surface area (Å²) in [5, 5.41) is 8.31. The lowest BCUT2D eigenvalue weighted by atomic mass is 9.96. The summed E-state index contributed by atoms with van der Waals surface area (Å²) in [6.07, 6.45) is 7.15. The molecule has 0 radical (unpaired) electrons. The number of carbonyl (C=O) groups is 2. The summed E-state index contributed by atoms with van der Waals surface area (Å²) in [6.45, 7) is 1.99. The number of hydrogen-bond donors (Lipinski definition) is 3. The third-order valence-corrected chi connectivity index (χ3v) is 3.70.